The number of hydrogen-bond acceptors (Lipinski definition) is 6. The molecule has 442 valence electrons. The summed E-state index contributed by atoms with van der Waals surface area (Å²) in [5.41, 5.74) is 26.9. The van der Waals surface area contributed by atoms with Crippen LogP contribution in [0.2, 0.25) is 0 Å². The average molecular weight is 1210 g/mol. The van der Waals surface area contributed by atoms with Crippen LogP contribution in [0.15, 0.2) is 318 Å². The molecule has 0 fully saturated rings. The van der Waals surface area contributed by atoms with Gasteiger partial charge in [-0.3, -0.25) is 0 Å². The minimum atomic E-state index is -0.504. The third kappa shape index (κ3) is 9.06. The van der Waals surface area contributed by atoms with Crippen molar-refractivity contribution in [3.8, 4) is 33.4 Å². The SMILES string of the molecule is C=C(/C=C\C(=C/C)c1ccc2c(c1)C(c1ccccc1)(c1ccccc1)c1ccccc1-2)N(c1ccccc1)c1ccc(/C(C)=C/C=C(\C)n2c3ccc(-c4ccc5c(c4)oc4ccccc45)cc3c3cc(-c4ccc5c(c4)oc4ccccc45)ccc32)c2nsnc12. The molecule has 0 atom stereocenters. The number of allylic oxidation sites excluding steroid dienone is 8. The van der Waals surface area contributed by atoms with E-state index in [1.807, 2.05) is 30.3 Å². The molecule has 0 saturated carbocycles. The van der Waals surface area contributed by atoms with Gasteiger partial charge in [-0.25, -0.2) is 0 Å². The third-order valence-corrected chi connectivity index (χ3v) is 19.6. The second-order valence-electron chi connectivity index (χ2n) is 24.2. The predicted molar refractivity (Wildman–Crippen MR) is 390 cm³/mol. The van der Waals surface area contributed by atoms with Crippen molar-refractivity contribution >= 4 is 117 Å². The van der Waals surface area contributed by atoms with E-state index >= 15 is 0 Å². The summed E-state index contributed by atoms with van der Waals surface area (Å²) in [6, 6.07) is 95.9. The van der Waals surface area contributed by atoms with Gasteiger partial charge in [-0.2, -0.15) is 8.75 Å². The van der Waals surface area contributed by atoms with Gasteiger partial charge in [0.15, 0.2) is 0 Å². The maximum absolute atomic E-state index is 6.39. The van der Waals surface area contributed by atoms with Gasteiger partial charge in [0.2, 0.25) is 0 Å². The number of rotatable bonds is 13. The number of nitrogens with zero attached hydrogens (tertiary/aromatic N) is 4. The third-order valence-electron chi connectivity index (χ3n) is 19.0. The van der Waals surface area contributed by atoms with Crippen LogP contribution in [0.4, 0.5) is 11.4 Å². The average Bonchev–Trinajstić information content (AvgIpc) is 1.55. The van der Waals surface area contributed by atoms with Crippen LogP contribution in [0.3, 0.4) is 0 Å². The highest BCUT2D eigenvalue weighted by Gasteiger charge is 2.46. The van der Waals surface area contributed by atoms with Crippen molar-refractivity contribution in [2.45, 2.75) is 26.2 Å². The van der Waals surface area contributed by atoms with Crippen molar-refractivity contribution in [1.29, 1.82) is 0 Å². The smallest absolute Gasteiger partial charge is 0.136 e. The number of anilines is 2. The Morgan fingerprint density at radius 1 is 0.462 bits per heavy atom. The molecule has 7 heteroatoms. The van der Waals surface area contributed by atoms with E-state index in [1.165, 1.54) is 45.1 Å². The fourth-order valence-corrected chi connectivity index (χ4v) is 15.2. The summed E-state index contributed by atoms with van der Waals surface area (Å²) >= 11 is 1.23. The lowest BCUT2D eigenvalue weighted by atomic mass is 9.67. The van der Waals surface area contributed by atoms with E-state index in [0.717, 1.165) is 144 Å². The molecule has 17 rings (SSSR count). The van der Waals surface area contributed by atoms with Gasteiger partial charge in [0.25, 0.3) is 0 Å². The maximum atomic E-state index is 6.39. The van der Waals surface area contributed by atoms with Crippen LogP contribution in [0.1, 0.15) is 54.2 Å². The number of para-hydroxylation sites is 3. The van der Waals surface area contributed by atoms with E-state index in [4.69, 9.17) is 24.2 Å². The first-order valence-corrected chi connectivity index (χ1v) is 32.3. The van der Waals surface area contributed by atoms with E-state index in [9.17, 15) is 0 Å². The van der Waals surface area contributed by atoms with Crippen LogP contribution in [0, 0.1) is 0 Å². The lowest BCUT2D eigenvalue weighted by molar-refractivity contribution is 0.668. The summed E-state index contributed by atoms with van der Waals surface area (Å²) in [6.07, 6.45) is 11.0. The first-order valence-electron chi connectivity index (χ1n) is 31.6. The summed E-state index contributed by atoms with van der Waals surface area (Å²) in [4.78, 5) is 2.20. The normalized spacial score (nSPS) is 13.4. The Morgan fingerprint density at radius 2 is 0.989 bits per heavy atom. The monoisotopic (exact) mass is 1210 g/mol. The summed E-state index contributed by atoms with van der Waals surface area (Å²) in [7, 11) is 0. The number of aromatic nitrogens is 3. The Labute approximate surface area is 542 Å². The summed E-state index contributed by atoms with van der Waals surface area (Å²) in [5, 5.41) is 6.78. The van der Waals surface area contributed by atoms with Gasteiger partial charge in [0, 0.05) is 55.0 Å². The van der Waals surface area contributed by atoms with E-state index in [-0.39, 0.29) is 0 Å². The first-order chi connectivity index (χ1) is 45.8. The minimum absolute atomic E-state index is 0.504. The molecule has 0 spiro atoms. The topological polar surface area (TPSA) is 60.2 Å². The standard InChI is InChI=1S/C86H60N4O2S/c1-5-57(60-37-42-68-67-27-15-18-30-75(67)86(76(68)51-60,63-21-9-6-10-22-63)64-23-11-7-12-24-64)36-35-55(3)89(65-25-13-8-14-26-65)79-48-45-66(84-85(79)88-93-87-84)54(2)33-34-56(4)90-77-46-40-58(61-38-43-71-69-28-16-19-31-80(69)91-82(71)52-61)49-73(77)74-50-59(41-47-78(74)90)62-39-44-72-70-29-17-20-32-81(70)92-83(72)53-62/h5-53H,3H2,1-2,4H3/b36-35-,54-33+,56-34+,57-5+. The zero-order valence-electron chi connectivity index (χ0n) is 51.5. The van der Waals surface area contributed by atoms with Gasteiger partial charge in [0.1, 0.15) is 33.4 Å². The Morgan fingerprint density at radius 3 is 1.61 bits per heavy atom. The zero-order chi connectivity index (χ0) is 62.3. The number of furan rings is 2. The summed E-state index contributed by atoms with van der Waals surface area (Å²) in [5.74, 6) is 0. The fourth-order valence-electron chi connectivity index (χ4n) is 14.6. The molecule has 12 aromatic carbocycles. The fraction of sp³-hybridized carbons (Fsp3) is 0.0465. The van der Waals surface area contributed by atoms with Crippen molar-refractivity contribution < 1.29 is 8.83 Å². The van der Waals surface area contributed by atoms with Crippen molar-refractivity contribution in [2.24, 2.45) is 0 Å². The lowest BCUT2D eigenvalue weighted by Gasteiger charge is -2.34. The van der Waals surface area contributed by atoms with Gasteiger partial charge in [0.05, 0.1) is 33.9 Å². The van der Waals surface area contributed by atoms with Gasteiger partial charge >= 0.3 is 0 Å². The maximum Gasteiger partial charge on any atom is 0.136 e. The molecule has 4 heterocycles. The van der Waals surface area contributed by atoms with Crippen LogP contribution >= 0.6 is 11.7 Å². The van der Waals surface area contributed by atoms with E-state index in [1.54, 1.807) is 0 Å². The number of benzene rings is 12. The second-order valence-corrected chi connectivity index (χ2v) is 24.7. The molecule has 93 heavy (non-hydrogen) atoms. The second kappa shape index (κ2) is 22.4. The molecule has 0 N–H and O–H groups in total. The number of fused-ring (bicyclic) bond motifs is 13. The zero-order valence-corrected chi connectivity index (χ0v) is 52.3. The van der Waals surface area contributed by atoms with Crippen LogP contribution < -0.4 is 4.90 Å². The summed E-state index contributed by atoms with van der Waals surface area (Å²) < 4.78 is 25.2. The lowest BCUT2D eigenvalue weighted by Crippen LogP contribution is -2.28. The van der Waals surface area contributed by atoms with Crippen molar-refractivity contribution in [3.05, 3.63) is 343 Å². The number of hydrogen-bond donors (Lipinski definition) is 0. The Hall–Kier alpha value is -11.6. The predicted octanol–water partition coefficient (Wildman–Crippen LogP) is 23.6. The van der Waals surface area contributed by atoms with Crippen LogP contribution in [-0.4, -0.2) is 13.3 Å². The largest absolute Gasteiger partial charge is 0.456 e. The molecule has 4 aromatic heterocycles. The van der Waals surface area contributed by atoms with Gasteiger partial charge < -0.3 is 18.3 Å². The molecule has 0 radical (unpaired) electrons. The van der Waals surface area contributed by atoms with Gasteiger partial charge in [-0.05, 0) is 190 Å². The molecule has 0 bridgehead atoms. The molecule has 1 aliphatic rings. The van der Waals surface area contributed by atoms with Crippen molar-refractivity contribution in [3.63, 3.8) is 0 Å². The minimum Gasteiger partial charge on any atom is -0.456 e. The van der Waals surface area contributed by atoms with Crippen LogP contribution in [-0.2, 0) is 5.41 Å². The highest BCUT2D eigenvalue weighted by Crippen LogP contribution is 2.57. The molecular weight excluding hydrogens is 1150 g/mol. The van der Waals surface area contributed by atoms with Crippen LogP contribution in [0.5, 0.6) is 0 Å². The summed E-state index contributed by atoms with van der Waals surface area (Å²) in [6.45, 7) is 11.2. The van der Waals surface area contributed by atoms with Crippen molar-refractivity contribution in [2.75, 3.05) is 4.90 Å². The quantitative estimate of drug-likeness (QED) is 0.108. The van der Waals surface area contributed by atoms with E-state index in [2.05, 4.69) is 297 Å². The molecule has 6 nitrogen and oxygen atoms in total. The Balaban J connectivity index is 0.717. The van der Waals surface area contributed by atoms with Crippen molar-refractivity contribution in [1.82, 2.24) is 13.3 Å². The Bertz CT molecular complexity index is 5610. The molecule has 0 unspecified atom stereocenters. The molecule has 1 aliphatic carbocycles. The molecule has 0 amide bonds. The first kappa shape index (κ1) is 55.4. The van der Waals surface area contributed by atoms with E-state index in [0.29, 0.717) is 0 Å². The van der Waals surface area contributed by atoms with Crippen LogP contribution in [0.25, 0.3) is 127 Å². The molecule has 0 saturated heterocycles. The van der Waals surface area contributed by atoms with E-state index < -0.39 is 5.41 Å². The van der Waals surface area contributed by atoms with Gasteiger partial charge in [-0.15, -0.1) is 0 Å². The highest BCUT2D eigenvalue weighted by atomic mass is 32.1. The highest BCUT2D eigenvalue weighted by molar-refractivity contribution is 7.00. The molecular formula is C86H60N4O2S. The molecule has 16 aromatic rings. The van der Waals surface area contributed by atoms with Gasteiger partial charge in [-0.1, -0.05) is 207 Å². The Kier molecular flexibility index (Phi) is 13.3. The molecule has 0 aliphatic heterocycles.